The lowest BCUT2D eigenvalue weighted by atomic mass is 10.3. The Balaban J connectivity index is 2.32. The number of nitrogen functional groups attached to an aromatic ring is 1. The summed E-state index contributed by atoms with van der Waals surface area (Å²) in [6, 6.07) is 4.81. The second-order valence-electron chi connectivity index (χ2n) is 4.22. The maximum Gasteiger partial charge on any atom is 0.243 e. The van der Waals surface area contributed by atoms with Gasteiger partial charge < -0.3 is 5.73 Å². The van der Waals surface area contributed by atoms with Gasteiger partial charge in [0.25, 0.3) is 0 Å². The fourth-order valence-corrected chi connectivity index (χ4v) is 5.14. The minimum absolute atomic E-state index is 0.0938. The van der Waals surface area contributed by atoms with Gasteiger partial charge in [-0.05, 0) is 46.3 Å². The van der Waals surface area contributed by atoms with Crippen molar-refractivity contribution in [2.24, 2.45) is 0 Å². The van der Waals surface area contributed by atoms with Crippen molar-refractivity contribution in [1.82, 2.24) is 4.31 Å². The predicted octanol–water partition coefficient (Wildman–Crippen LogP) is 2.16. The molecule has 1 saturated heterocycles. The quantitative estimate of drug-likeness (QED) is 0.848. The number of hydrogen-bond acceptors (Lipinski definition) is 4. The molecule has 1 heterocycles. The van der Waals surface area contributed by atoms with Crippen LogP contribution in [0.15, 0.2) is 27.6 Å². The van der Waals surface area contributed by atoms with Gasteiger partial charge in [0, 0.05) is 29.0 Å². The van der Waals surface area contributed by atoms with Gasteiger partial charge in [0.1, 0.15) is 0 Å². The number of hydrogen-bond donors (Lipinski definition) is 1. The van der Waals surface area contributed by atoms with Crippen LogP contribution in [0, 0.1) is 0 Å². The smallest absolute Gasteiger partial charge is 0.243 e. The van der Waals surface area contributed by atoms with Gasteiger partial charge in [-0.3, -0.25) is 0 Å². The first-order valence-electron chi connectivity index (χ1n) is 5.53. The first-order chi connectivity index (χ1) is 8.43. The largest absolute Gasteiger partial charge is 0.398 e. The van der Waals surface area contributed by atoms with Crippen LogP contribution in [0.5, 0.6) is 0 Å². The summed E-state index contributed by atoms with van der Waals surface area (Å²) in [7, 11) is -1.78. The molecule has 0 aliphatic carbocycles. The molecule has 18 heavy (non-hydrogen) atoms. The van der Waals surface area contributed by atoms with Crippen LogP contribution in [-0.2, 0) is 10.0 Å². The Hall–Kier alpha value is -0.240. The molecule has 2 rings (SSSR count). The van der Waals surface area contributed by atoms with E-state index in [1.54, 1.807) is 37.0 Å². The third-order valence-corrected chi connectivity index (χ3v) is 6.81. The number of halogens is 1. The second kappa shape index (κ2) is 5.40. The van der Waals surface area contributed by atoms with Crippen molar-refractivity contribution in [3.63, 3.8) is 0 Å². The van der Waals surface area contributed by atoms with Crippen LogP contribution in [0.25, 0.3) is 0 Å². The summed E-state index contributed by atoms with van der Waals surface area (Å²) >= 11 is 5.05. The molecule has 1 aromatic carbocycles. The maximum atomic E-state index is 12.4. The van der Waals surface area contributed by atoms with E-state index in [1.807, 2.05) is 0 Å². The minimum Gasteiger partial charge on any atom is -0.398 e. The highest BCUT2D eigenvalue weighted by molar-refractivity contribution is 9.10. The number of thioether (sulfide) groups is 1. The Kier molecular flexibility index (Phi) is 4.25. The summed E-state index contributed by atoms with van der Waals surface area (Å²) in [6.07, 6.45) is 0.913. The van der Waals surface area contributed by atoms with E-state index in [2.05, 4.69) is 15.9 Å². The van der Waals surface area contributed by atoms with Crippen molar-refractivity contribution in [2.45, 2.75) is 17.4 Å². The molecule has 0 saturated carbocycles. The van der Waals surface area contributed by atoms with Crippen molar-refractivity contribution in [3.8, 4) is 0 Å². The first-order valence-corrected chi connectivity index (χ1v) is 8.92. The highest BCUT2D eigenvalue weighted by Gasteiger charge is 2.30. The third kappa shape index (κ3) is 2.68. The van der Waals surface area contributed by atoms with Gasteiger partial charge in [-0.25, -0.2) is 8.42 Å². The molecule has 0 radical (unpaired) electrons. The summed E-state index contributed by atoms with van der Waals surface area (Å²) in [5.41, 5.74) is 6.21. The van der Waals surface area contributed by atoms with Crippen molar-refractivity contribution >= 4 is 43.4 Å². The van der Waals surface area contributed by atoms with Crippen LogP contribution in [0.4, 0.5) is 5.69 Å². The average Bonchev–Trinajstić information content (AvgIpc) is 2.85. The zero-order valence-corrected chi connectivity index (χ0v) is 13.2. The van der Waals surface area contributed by atoms with Crippen LogP contribution in [0.3, 0.4) is 0 Å². The molecule has 1 fully saturated rings. The van der Waals surface area contributed by atoms with E-state index in [0.29, 0.717) is 10.2 Å². The molecule has 0 aromatic heterocycles. The lowest BCUT2D eigenvalue weighted by Crippen LogP contribution is -2.36. The first kappa shape index (κ1) is 14.2. The Morgan fingerprint density at radius 3 is 2.78 bits per heavy atom. The lowest BCUT2D eigenvalue weighted by Gasteiger charge is -2.23. The van der Waals surface area contributed by atoms with Crippen LogP contribution >= 0.6 is 27.7 Å². The normalized spacial score (nSPS) is 20.5. The molecule has 4 nitrogen and oxygen atoms in total. The van der Waals surface area contributed by atoms with Gasteiger partial charge >= 0.3 is 0 Å². The third-order valence-electron chi connectivity index (χ3n) is 3.07. The second-order valence-corrected chi connectivity index (χ2v) is 8.22. The Morgan fingerprint density at radius 1 is 1.50 bits per heavy atom. The van der Waals surface area contributed by atoms with Crippen LogP contribution in [0.1, 0.15) is 6.42 Å². The van der Waals surface area contributed by atoms with E-state index < -0.39 is 10.0 Å². The molecule has 0 amide bonds. The summed E-state index contributed by atoms with van der Waals surface area (Å²) in [5.74, 6) is 1.89. The molecule has 0 spiro atoms. The highest BCUT2D eigenvalue weighted by atomic mass is 79.9. The van der Waals surface area contributed by atoms with Gasteiger partial charge in [0.05, 0.1) is 4.90 Å². The molecule has 1 atom stereocenters. The van der Waals surface area contributed by atoms with Crippen LogP contribution in [0.2, 0.25) is 0 Å². The van der Waals surface area contributed by atoms with E-state index in [4.69, 9.17) is 5.73 Å². The molecule has 1 aliphatic rings. The van der Waals surface area contributed by atoms with E-state index in [9.17, 15) is 8.42 Å². The zero-order valence-electron chi connectivity index (χ0n) is 9.97. The summed E-state index contributed by atoms with van der Waals surface area (Å²) in [5, 5.41) is 0. The van der Waals surface area contributed by atoms with Gasteiger partial charge in [-0.15, -0.1) is 0 Å². The van der Waals surface area contributed by atoms with Gasteiger partial charge in [0.15, 0.2) is 0 Å². The molecule has 1 aromatic rings. The van der Waals surface area contributed by atoms with Crippen LogP contribution in [-0.4, -0.2) is 37.3 Å². The number of rotatable bonds is 3. The molecule has 1 unspecified atom stereocenters. The molecular formula is C11H15BrN2O2S2. The van der Waals surface area contributed by atoms with Crippen molar-refractivity contribution in [2.75, 3.05) is 24.3 Å². The molecule has 100 valence electrons. The summed E-state index contributed by atoms with van der Waals surface area (Å²) < 4.78 is 27.0. The maximum absolute atomic E-state index is 12.4. The number of sulfonamides is 1. The van der Waals surface area contributed by atoms with Gasteiger partial charge in [0.2, 0.25) is 10.0 Å². The van der Waals surface area contributed by atoms with Crippen molar-refractivity contribution in [1.29, 1.82) is 0 Å². The predicted molar refractivity (Wildman–Crippen MR) is 79.2 cm³/mol. The molecule has 1 aliphatic heterocycles. The van der Waals surface area contributed by atoms with Gasteiger partial charge in [-0.1, -0.05) is 0 Å². The van der Waals surface area contributed by atoms with Crippen molar-refractivity contribution in [3.05, 3.63) is 22.7 Å². The topological polar surface area (TPSA) is 63.4 Å². The number of nitrogens with two attached hydrogens (primary N) is 1. The Morgan fingerprint density at radius 2 is 2.22 bits per heavy atom. The highest BCUT2D eigenvalue weighted by Crippen LogP contribution is 2.28. The van der Waals surface area contributed by atoms with E-state index in [0.717, 1.165) is 17.9 Å². The van der Waals surface area contributed by atoms with Crippen LogP contribution < -0.4 is 5.73 Å². The van der Waals surface area contributed by atoms with E-state index in [1.165, 1.54) is 4.31 Å². The average molecular weight is 351 g/mol. The summed E-state index contributed by atoms with van der Waals surface area (Å²) in [4.78, 5) is 0.281. The summed E-state index contributed by atoms with van der Waals surface area (Å²) in [6.45, 7) is 0. The SMILES string of the molecule is CN(C1CCSC1)S(=O)(=O)c1ccc(N)c(Br)c1. The monoisotopic (exact) mass is 350 g/mol. The standard InChI is InChI=1S/C11H15BrN2O2S2/c1-14(8-4-5-17-7-8)18(15,16)9-2-3-11(13)10(12)6-9/h2-3,6,8H,4-5,7,13H2,1H3. The van der Waals surface area contributed by atoms with E-state index in [-0.39, 0.29) is 10.9 Å². The lowest BCUT2D eigenvalue weighted by molar-refractivity contribution is 0.394. The number of anilines is 1. The Labute approximate surface area is 120 Å². The molecule has 0 bridgehead atoms. The van der Waals surface area contributed by atoms with E-state index >= 15 is 0 Å². The van der Waals surface area contributed by atoms with Crippen molar-refractivity contribution < 1.29 is 8.42 Å². The fourth-order valence-electron chi connectivity index (χ4n) is 1.84. The Bertz CT molecular complexity index is 542. The fraction of sp³-hybridized carbons (Fsp3) is 0.455. The minimum atomic E-state index is -3.43. The number of benzene rings is 1. The zero-order chi connectivity index (χ0) is 13.3. The van der Waals surface area contributed by atoms with Gasteiger partial charge in [-0.2, -0.15) is 16.1 Å². The molecular weight excluding hydrogens is 336 g/mol. The number of nitrogens with zero attached hydrogens (tertiary/aromatic N) is 1. The molecule has 7 heteroatoms. The molecule has 2 N–H and O–H groups in total.